The van der Waals surface area contributed by atoms with E-state index in [1.807, 2.05) is 30.3 Å². The second-order valence-electron chi connectivity index (χ2n) is 6.21. The molecule has 0 radical (unpaired) electrons. The van der Waals surface area contributed by atoms with Gasteiger partial charge in [-0.15, -0.1) is 0 Å². The van der Waals surface area contributed by atoms with Crippen molar-refractivity contribution in [1.29, 1.82) is 0 Å². The van der Waals surface area contributed by atoms with Crippen LogP contribution in [0.5, 0.6) is 5.75 Å². The van der Waals surface area contributed by atoms with Crippen LogP contribution in [0.3, 0.4) is 0 Å². The predicted molar refractivity (Wildman–Crippen MR) is 93.4 cm³/mol. The molecule has 2 aromatic rings. The minimum absolute atomic E-state index is 0.129. The number of rotatable bonds is 9. The van der Waals surface area contributed by atoms with Gasteiger partial charge in [0, 0.05) is 0 Å². The van der Waals surface area contributed by atoms with Gasteiger partial charge >= 0.3 is 11.9 Å². The predicted octanol–water partition coefficient (Wildman–Crippen LogP) is 3.36. The molecule has 2 unspecified atom stereocenters. The Morgan fingerprint density at radius 2 is 1.16 bits per heavy atom. The Labute approximate surface area is 146 Å². The highest BCUT2D eigenvalue weighted by Gasteiger charge is 2.24. The standard InChI is InChI=1S/C20H22O5/c21-18-10-6-15(7-11-18)13-17(20(24)25)9-8-16(19(22)23)12-14-4-2-1-3-5-14/h1-7,10-11,16-17,21H,8-9,12-13H2,(H,22,23)(H,24,25). The molecule has 0 heterocycles. The van der Waals surface area contributed by atoms with Crippen molar-refractivity contribution in [3.63, 3.8) is 0 Å². The van der Waals surface area contributed by atoms with Crippen molar-refractivity contribution >= 4 is 11.9 Å². The zero-order valence-corrected chi connectivity index (χ0v) is 13.8. The molecule has 0 aliphatic heterocycles. The average Bonchev–Trinajstić information content (AvgIpc) is 2.59. The van der Waals surface area contributed by atoms with Gasteiger partial charge in [-0.1, -0.05) is 42.5 Å². The summed E-state index contributed by atoms with van der Waals surface area (Å²) in [6, 6.07) is 15.7. The first-order valence-corrected chi connectivity index (χ1v) is 8.23. The molecule has 0 saturated heterocycles. The third kappa shape index (κ3) is 5.95. The summed E-state index contributed by atoms with van der Waals surface area (Å²) in [6.07, 6.45) is 1.30. The second-order valence-corrected chi connectivity index (χ2v) is 6.21. The van der Waals surface area contributed by atoms with Gasteiger partial charge in [0.1, 0.15) is 5.75 Å². The third-order valence-electron chi connectivity index (χ3n) is 4.31. The molecule has 0 aliphatic rings. The van der Waals surface area contributed by atoms with Gasteiger partial charge in [0.2, 0.25) is 0 Å². The van der Waals surface area contributed by atoms with Crippen LogP contribution in [0.2, 0.25) is 0 Å². The highest BCUT2D eigenvalue weighted by molar-refractivity contribution is 5.72. The molecule has 2 rings (SSSR count). The molecule has 0 saturated carbocycles. The summed E-state index contributed by atoms with van der Waals surface area (Å²) in [6.45, 7) is 0. The lowest BCUT2D eigenvalue weighted by molar-refractivity contribution is -0.145. The van der Waals surface area contributed by atoms with E-state index in [1.54, 1.807) is 12.1 Å². The van der Waals surface area contributed by atoms with Crippen molar-refractivity contribution in [1.82, 2.24) is 0 Å². The first kappa shape index (κ1) is 18.5. The Morgan fingerprint density at radius 3 is 1.60 bits per heavy atom. The molecular weight excluding hydrogens is 320 g/mol. The molecule has 3 N–H and O–H groups in total. The highest BCUT2D eigenvalue weighted by Crippen LogP contribution is 2.22. The number of hydrogen-bond donors (Lipinski definition) is 3. The molecule has 2 aromatic carbocycles. The van der Waals surface area contributed by atoms with Gasteiger partial charge in [0.05, 0.1) is 11.8 Å². The van der Waals surface area contributed by atoms with Crippen LogP contribution >= 0.6 is 0 Å². The van der Waals surface area contributed by atoms with Crippen LogP contribution < -0.4 is 0 Å². The molecule has 0 bridgehead atoms. The van der Waals surface area contributed by atoms with Crippen molar-refractivity contribution in [3.8, 4) is 5.75 Å². The first-order chi connectivity index (χ1) is 12.0. The van der Waals surface area contributed by atoms with Crippen LogP contribution in [0.4, 0.5) is 0 Å². The second kappa shape index (κ2) is 8.87. The van der Waals surface area contributed by atoms with Crippen LogP contribution in [-0.4, -0.2) is 27.3 Å². The van der Waals surface area contributed by atoms with Gasteiger partial charge in [0.15, 0.2) is 0 Å². The fraction of sp³-hybridized carbons (Fsp3) is 0.300. The summed E-state index contributed by atoms with van der Waals surface area (Å²) in [5, 5.41) is 28.2. The van der Waals surface area contributed by atoms with Crippen LogP contribution in [0.25, 0.3) is 0 Å². The molecular formula is C20H22O5. The number of carbonyl (C=O) groups is 2. The smallest absolute Gasteiger partial charge is 0.306 e. The van der Waals surface area contributed by atoms with Crippen LogP contribution in [0.1, 0.15) is 24.0 Å². The molecule has 132 valence electrons. The number of aromatic hydroxyl groups is 1. The van der Waals surface area contributed by atoms with Gasteiger partial charge in [0.25, 0.3) is 0 Å². The van der Waals surface area contributed by atoms with E-state index in [9.17, 15) is 24.9 Å². The summed E-state index contributed by atoms with van der Waals surface area (Å²) >= 11 is 0. The first-order valence-electron chi connectivity index (χ1n) is 8.23. The van der Waals surface area contributed by atoms with E-state index in [1.165, 1.54) is 12.1 Å². The fourth-order valence-electron chi connectivity index (χ4n) is 2.84. The zero-order valence-electron chi connectivity index (χ0n) is 13.8. The number of carboxylic acids is 2. The monoisotopic (exact) mass is 342 g/mol. The van der Waals surface area contributed by atoms with Crippen molar-refractivity contribution in [3.05, 3.63) is 65.7 Å². The number of phenols is 1. The van der Waals surface area contributed by atoms with E-state index in [-0.39, 0.29) is 5.75 Å². The van der Waals surface area contributed by atoms with Crippen molar-refractivity contribution in [2.45, 2.75) is 25.7 Å². The van der Waals surface area contributed by atoms with E-state index < -0.39 is 23.8 Å². The molecule has 0 aromatic heterocycles. The van der Waals surface area contributed by atoms with E-state index in [4.69, 9.17) is 0 Å². The minimum atomic E-state index is -0.933. The fourth-order valence-corrected chi connectivity index (χ4v) is 2.84. The summed E-state index contributed by atoms with van der Waals surface area (Å²) in [4.78, 5) is 23.0. The molecule has 0 fully saturated rings. The van der Waals surface area contributed by atoms with Crippen molar-refractivity contribution in [2.24, 2.45) is 11.8 Å². The molecule has 25 heavy (non-hydrogen) atoms. The average molecular weight is 342 g/mol. The van der Waals surface area contributed by atoms with Gasteiger partial charge in [-0.3, -0.25) is 9.59 Å². The van der Waals surface area contributed by atoms with E-state index in [2.05, 4.69) is 0 Å². The number of benzene rings is 2. The van der Waals surface area contributed by atoms with Crippen molar-refractivity contribution < 1.29 is 24.9 Å². The van der Waals surface area contributed by atoms with Crippen LogP contribution in [-0.2, 0) is 22.4 Å². The number of phenolic OH excluding ortho intramolecular Hbond substituents is 1. The lowest BCUT2D eigenvalue weighted by Crippen LogP contribution is -2.22. The molecule has 0 amide bonds. The van der Waals surface area contributed by atoms with Crippen LogP contribution in [0.15, 0.2) is 54.6 Å². The molecule has 5 nitrogen and oxygen atoms in total. The van der Waals surface area contributed by atoms with E-state index in [0.717, 1.165) is 11.1 Å². The quantitative estimate of drug-likeness (QED) is 0.649. The SMILES string of the molecule is O=C(O)C(CCC(Cc1ccc(O)cc1)C(=O)O)Cc1ccccc1. The molecule has 0 aliphatic carbocycles. The number of carboxylic acid groups (broad SMARTS) is 2. The maximum atomic E-state index is 11.5. The van der Waals surface area contributed by atoms with E-state index in [0.29, 0.717) is 25.7 Å². The third-order valence-corrected chi connectivity index (χ3v) is 4.31. The Hall–Kier alpha value is -2.82. The van der Waals surface area contributed by atoms with Gasteiger partial charge < -0.3 is 15.3 Å². The molecule has 2 atom stereocenters. The summed E-state index contributed by atoms with van der Waals surface area (Å²) in [7, 11) is 0. The summed E-state index contributed by atoms with van der Waals surface area (Å²) in [5.41, 5.74) is 1.74. The van der Waals surface area contributed by atoms with Crippen molar-refractivity contribution in [2.75, 3.05) is 0 Å². The van der Waals surface area contributed by atoms with Gasteiger partial charge in [-0.05, 0) is 48.9 Å². The Bertz CT molecular complexity index is 694. The Balaban J connectivity index is 1.98. The summed E-state index contributed by atoms with van der Waals surface area (Å²) < 4.78 is 0. The zero-order chi connectivity index (χ0) is 18.2. The maximum absolute atomic E-state index is 11.5. The van der Waals surface area contributed by atoms with Gasteiger partial charge in [-0.25, -0.2) is 0 Å². The van der Waals surface area contributed by atoms with Gasteiger partial charge in [-0.2, -0.15) is 0 Å². The topological polar surface area (TPSA) is 94.8 Å². The largest absolute Gasteiger partial charge is 0.508 e. The lowest BCUT2D eigenvalue weighted by Gasteiger charge is -2.17. The lowest BCUT2D eigenvalue weighted by atomic mass is 9.88. The minimum Gasteiger partial charge on any atom is -0.508 e. The Kier molecular flexibility index (Phi) is 6.57. The van der Waals surface area contributed by atoms with Crippen LogP contribution in [0, 0.1) is 11.8 Å². The summed E-state index contributed by atoms with van der Waals surface area (Å²) in [5.74, 6) is -2.97. The Morgan fingerprint density at radius 1 is 0.720 bits per heavy atom. The number of hydrogen-bond acceptors (Lipinski definition) is 3. The highest BCUT2D eigenvalue weighted by atomic mass is 16.4. The van der Waals surface area contributed by atoms with E-state index >= 15 is 0 Å². The molecule has 5 heteroatoms. The molecule has 0 spiro atoms. The number of aliphatic carboxylic acids is 2. The maximum Gasteiger partial charge on any atom is 0.306 e. The normalized spacial score (nSPS) is 13.1.